The van der Waals surface area contributed by atoms with E-state index in [1.807, 2.05) is 0 Å². The van der Waals surface area contributed by atoms with Gasteiger partial charge in [-0.3, -0.25) is 0 Å². The maximum absolute atomic E-state index is 11.8. The lowest BCUT2D eigenvalue weighted by Crippen LogP contribution is -2.02. The van der Waals surface area contributed by atoms with Gasteiger partial charge in [-0.05, 0) is 12.1 Å². The van der Waals surface area contributed by atoms with Crippen LogP contribution in [0.1, 0.15) is 10.4 Å². The minimum Gasteiger partial charge on any atom is -0.493 e. The van der Waals surface area contributed by atoms with E-state index in [9.17, 15) is 4.79 Å². The minimum absolute atomic E-state index is 0.407. The highest BCUT2D eigenvalue weighted by molar-refractivity contribution is 6.16. The van der Waals surface area contributed by atoms with Gasteiger partial charge < -0.3 is 13.9 Å². The number of furan rings is 1. The zero-order chi connectivity index (χ0) is 13.4. The molecule has 19 heavy (non-hydrogen) atoms. The Labute approximate surface area is 107 Å². The summed E-state index contributed by atoms with van der Waals surface area (Å²) in [6.07, 6.45) is 3.04. The number of benzene rings is 1. The maximum Gasteiger partial charge on any atom is 0.338 e. The van der Waals surface area contributed by atoms with Gasteiger partial charge in [0, 0.05) is 5.39 Å². The molecule has 0 fully saturated rings. The number of esters is 1. The number of fused-ring (bicyclic) bond motifs is 3. The van der Waals surface area contributed by atoms with Crippen molar-refractivity contribution in [2.24, 2.45) is 0 Å². The molecule has 0 aliphatic heterocycles. The Morgan fingerprint density at radius 2 is 2.00 bits per heavy atom. The maximum atomic E-state index is 11.8. The molecule has 0 amide bonds. The number of carbonyl (C=O) groups is 1. The van der Waals surface area contributed by atoms with E-state index in [0.717, 1.165) is 0 Å². The van der Waals surface area contributed by atoms with Crippen LogP contribution in [-0.2, 0) is 4.74 Å². The van der Waals surface area contributed by atoms with Crippen molar-refractivity contribution in [3.63, 3.8) is 0 Å². The second-order valence-corrected chi connectivity index (χ2v) is 3.88. The van der Waals surface area contributed by atoms with Crippen LogP contribution in [0.5, 0.6) is 5.75 Å². The Hall–Kier alpha value is -2.63. The lowest BCUT2D eigenvalue weighted by molar-refractivity contribution is 0.0603. The van der Waals surface area contributed by atoms with Crippen LogP contribution in [0, 0.1) is 0 Å². The molecule has 1 aromatic carbocycles. The van der Waals surface area contributed by atoms with Gasteiger partial charge >= 0.3 is 5.97 Å². The Balaban J connectivity index is 2.49. The van der Waals surface area contributed by atoms with Gasteiger partial charge in [0.15, 0.2) is 16.9 Å². The topological polar surface area (TPSA) is 74.5 Å². The minimum atomic E-state index is -0.438. The van der Waals surface area contributed by atoms with Crippen molar-refractivity contribution >= 4 is 27.9 Å². The molecule has 0 saturated heterocycles. The normalized spacial score (nSPS) is 10.8. The molecule has 6 nitrogen and oxygen atoms in total. The van der Waals surface area contributed by atoms with Crippen molar-refractivity contribution in [3.05, 3.63) is 30.1 Å². The molecule has 0 N–H and O–H groups in total. The van der Waals surface area contributed by atoms with E-state index in [1.54, 1.807) is 18.3 Å². The number of rotatable bonds is 2. The smallest absolute Gasteiger partial charge is 0.338 e. The zero-order valence-corrected chi connectivity index (χ0v) is 10.3. The van der Waals surface area contributed by atoms with Crippen LogP contribution in [-0.4, -0.2) is 30.4 Å². The van der Waals surface area contributed by atoms with E-state index < -0.39 is 5.97 Å². The Morgan fingerprint density at radius 3 is 2.74 bits per heavy atom. The Kier molecular flexibility index (Phi) is 2.56. The molecule has 2 heterocycles. The standard InChI is InChI=1S/C13H10N2O4/c1-17-9-4-3-7(13(16)18-2)11-8-5-14-15-6-10(8)19-12(9)11/h3-6H,1-2H3. The first-order valence-electron chi connectivity index (χ1n) is 5.54. The summed E-state index contributed by atoms with van der Waals surface area (Å²) in [6, 6.07) is 3.31. The summed E-state index contributed by atoms with van der Waals surface area (Å²) < 4.78 is 15.7. The fraction of sp³-hybridized carbons (Fsp3) is 0.154. The monoisotopic (exact) mass is 258 g/mol. The quantitative estimate of drug-likeness (QED) is 0.656. The molecule has 3 rings (SSSR count). The second kappa shape index (κ2) is 4.24. The van der Waals surface area contributed by atoms with Crippen LogP contribution in [0.4, 0.5) is 0 Å². The largest absolute Gasteiger partial charge is 0.493 e. The predicted octanol–water partition coefficient (Wildman–Crippen LogP) is 2.17. The van der Waals surface area contributed by atoms with Gasteiger partial charge in [-0.25, -0.2) is 4.79 Å². The van der Waals surface area contributed by atoms with Gasteiger partial charge in [0.25, 0.3) is 0 Å². The van der Waals surface area contributed by atoms with Crippen molar-refractivity contribution in [1.82, 2.24) is 10.2 Å². The molecule has 0 atom stereocenters. The van der Waals surface area contributed by atoms with Crippen LogP contribution < -0.4 is 4.74 Å². The number of aromatic nitrogens is 2. The summed E-state index contributed by atoms with van der Waals surface area (Å²) in [5.74, 6) is 0.103. The van der Waals surface area contributed by atoms with Crippen molar-refractivity contribution in [2.75, 3.05) is 14.2 Å². The highest BCUT2D eigenvalue weighted by Crippen LogP contribution is 2.36. The second-order valence-electron chi connectivity index (χ2n) is 3.88. The fourth-order valence-electron chi connectivity index (χ4n) is 2.06. The number of hydrogen-bond donors (Lipinski definition) is 0. The molecule has 6 heteroatoms. The van der Waals surface area contributed by atoms with Crippen LogP contribution in [0.25, 0.3) is 21.9 Å². The van der Waals surface area contributed by atoms with E-state index in [-0.39, 0.29) is 0 Å². The van der Waals surface area contributed by atoms with Gasteiger partial charge in [0.05, 0.1) is 37.6 Å². The van der Waals surface area contributed by atoms with Crippen molar-refractivity contribution in [3.8, 4) is 5.75 Å². The molecular weight excluding hydrogens is 248 g/mol. The van der Waals surface area contributed by atoms with Crippen molar-refractivity contribution < 1.29 is 18.7 Å². The molecule has 0 aliphatic rings. The Bertz CT molecular complexity index is 779. The number of carbonyl (C=O) groups excluding carboxylic acids is 1. The van der Waals surface area contributed by atoms with Crippen molar-refractivity contribution in [2.45, 2.75) is 0 Å². The summed E-state index contributed by atoms with van der Waals surface area (Å²) in [7, 11) is 2.87. The van der Waals surface area contributed by atoms with Crippen LogP contribution in [0.15, 0.2) is 28.9 Å². The first kappa shape index (κ1) is 11.5. The highest BCUT2D eigenvalue weighted by Gasteiger charge is 2.20. The lowest BCUT2D eigenvalue weighted by Gasteiger charge is -2.04. The molecule has 3 aromatic rings. The molecule has 96 valence electrons. The number of hydrogen-bond acceptors (Lipinski definition) is 6. The van der Waals surface area contributed by atoms with Gasteiger partial charge in [-0.15, -0.1) is 0 Å². The van der Waals surface area contributed by atoms with E-state index in [1.165, 1.54) is 20.4 Å². The highest BCUT2D eigenvalue weighted by atomic mass is 16.5. The molecule has 0 saturated carbocycles. The van der Waals surface area contributed by atoms with E-state index in [2.05, 4.69) is 10.2 Å². The zero-order valence-electron chi connectivity index (χ0n) is 10.3. The average Bonchev–Trinajstić information content (AvgIpc) is 2.85. The van der Waals surface area contributed by atoms with Gasteiger partial charge in [-0.1, -0.05) is 0 Å². The third kappa shape index (κ3) is 1.61. The number of methoxy groups -OCH3 is 2. The summed E-state index contributed by atoms with van der Waals surface area (Å²) in [4.78, 5) is 11.8. The molecule has 0 aliphatic carbocycles. The molecule has 0 radical (unpaired) electrons. The summed E-state index contributed by atoms with van der Waals surface area (Å²) in [5.41, 5.74) is 1.43. The van der Waals surface area contributed by atoms with Crippen LogP contribution >= 0.6 is 0 Å². The van der Waals surface area contributed by atoms with E-state index in [0.29, 0.717) is 33.3 Å². The molecular formula is C13H10N2O4. The fourth-order valence-corrected chi connectivity index (χ4v) is 2.06. The predicted molar refractivity (Wildman–Crippen MR) is 67.2 cm³/mol. The molecule has 0 unspecified atom stereocenters. The first-order chi connectivity index (χ1) is 9.26. The molecule has 0 bridgehead atoms. The van der Waals surface area contributed by atoms with Crippen molar-refractivity contribution in [1.29, 1.82) is 0 Å². The van der Waals surface area contributed by atoms with Gasteiger partial charge in [0.2, 0.25) is 0 Å². The summed E-state index contributed by atoms with van der Waals surface area (Å²) in [6.45, 7) is 0. The lowest BCUT2D eigenvalue weighted by atomic mass is 10.1. The molecule has 2 aromatic heterocycles. The number of ether oxygens (including phenoxy) is 2. The first-order valence-corrected chi connectivity index (χ1v) is 5.54. The van der Waals surface area contributed by atoms with E-state index >= 15 is 0 Å². The number of nitrogens with zero attached hydrogens (tertiary/aromatic N) is 2. The SMILES string of the molecule is COC(=O)c1ccc(OC)c2oc3cnncc3c12. The van der Waals surface area contributed by atoms with Gasteiger partial charge in [-0.2, -0.15) is 10.2 Å². The van der Waals surface area contributed by atoms with Crippen LogP contribution in [0.2, 0.25) is 0 Å². The van der Waals surface area contributed by atoms with Crippen LogP contribution in [0.3, 0.4) is 0 Å². The van der Waals surface area contributed by atoms with E-state index in [4.69, 9.17) is 13.9 Å². The molecule has 0 spiro atoms. The Morgan fingerprint density at radius 1 is 1.21 bits per heavy atom. The third-order valence-electron chi connectivity index (χ3n) is 2.92. The third-order valence-corrected chi connectivity index (χ3v) is 2.92. The van der Waals surface area contributed by atoms with Gasteiger partial charge in [0.1, 0.15) is 0 Å². The summed E-state index contributed by atoms with van der Waals surface area (Å²) >= 11 is 0. The average molecular weight is 258 g/mol. The summed E-state index contributed by atoms with van der Waals surface area (Å²) in [5, 5.41) is 8.89.